The van der Waals surface area contributed by atoms with Crippen LogP contribution in [0.1, 0.15) is 40.5 Å². The molecule has 44 heavy (non-hydrogen) atoms. The first-order valence-electron chi connectivity index (χ1n) is 15.2. The Hall–Kier alpha value is -4.89. The Morgan fingerprint density at radius 1 is 0.886 bits per heavy atom. The topological polar surface area (TPSA) is 98.2 Å². The van der Waals surface area contributed by atoms with E-state index >= 15 is 0 Å². The van der Waals surface area contributed by atoms with Gasteiger partial charge in [0.15, 0.2) is 0 Å². The van der Waals surface area contributed by atoms with Crippen LogP contribution in [0.3, 0.4) is 0 Å². The summed E-state index contributed by atoms with van der Waals surface area (Å²) in [6.07, 6.45) is 3.76. The van der Waals surface area contributed by atoms with Crippen molar-refractivity contribution in [3.63, 3.8) is 0 Å². The average molecular weight is 590 g/mol. The van der Waals surface area contributed by atoms with Crippen LogP contribution in [0.2, 0.25) is 0 Å². The number of imide groups is 1. The predicted molar refractivity (Wildman–Crippen MR) is 168 cm³/mol. The fraction of sp³-hybridized carbons (Fsp3) is 0.286. The minimum Gasteiger partial charge on any atom is -0.508 e. The molecule has 3 aliphatic heterocycles. The van der Waals surface area contributed by atoms with E-state index in [9.17, 15) is 14.7 Å². The quantitative estimate of drug-likeness (QED) is 0.331. The monoisotopic (exact) mass is 589 g/mol. The summed E-state index contributed by atoms with van der Waals surface area (Å²) in [5.74, 6) is 0.993. The lowest BCUT2D eigenvalue weighted by Gasteiger charge is -2.37. The zero-order valence-electron chi connectivity index (χ0n) is 24.4. The number of anilines is 2. The number of urea groups is 1. The zero-order valence-corrected chi connectivity index (χ0v) is 24.4. The molecule has 2 fully saturated rings. The molecule has 1 aromatic heterocycles. The first kappa shape index (κ1) is 27.9. The first-order chi connectivity index (χ1) is 21.5. The third kappa shape index (κ3) is 5.58. The molecule has 4 aromatic rings. The molecule has 4 heterocycles. The Kier molecular flexibility index (Phi) is 7.62. The number of hydrogen-bond donors (Lipinski definition) is 2. The number of amides is 3. The van der Waals surface area contributed by atoms with Gasteiger partial charge >= 0.3 is 6.03 Å². The molecule has 0 spiro atoms. The fourth-order valence-corrected chi connectivity index (χ4v) is 6.68. The summed E-state index contributed by atoms with van der Waals surface area (Å²) in [4.78, 5) is 34.8. The van der Waals surface area contributed by atoms with Crippen LogP contribution < -0.4 is 19.9 Å². The summed E-state index contributed by atoms with van der Waals surface area (Å²) >= 11 is 0. The molecule has 3 aliphatic rings. The van der Waals surface area contributed by atoms with Gasteiger partial charge in [-0.3, -0.25) is 24.9 Å². The summed E-state index contributed by atoms with van der Waals surface area (Å²) in [5, 5.41) is 12.5. The van der Waals surface area contributed by atoms with Crippen molar-refractivity contribution < 1.29 is 19.4 Å². The lowest BCUT2D eigenvalue weighted by Crippen LogP contribution is -2.50. The normalized spacial score (nSPS) is 20.5. The van der Waals surface area contributed by atoms with Crippen LogP contribution >= 0.6 is 0 Å². The van der Waals surface area contributed by atoms with Crippen LogP contribution in [0.5, 0.6) is 11.5 Å². The molecule has 3 amide bonds. The number of nitrogens with one attached hydrogen (secondary N) is 1. The highest BCUT2D eigenvalue weighted by Gasteiger charge is 2.34. The largest absolute Gasteiger partial charge is 0.508 e. The van der Waals surface area contributed by atoms with E-state index in [2.05, 4.69) is 68.6 Å². The summed E-state index contributed by atoms with van der Waals surface area (Å²) < 4.78 is 6.13. The Morgan fingerprint density at radius 2 is 1.68 bits per heavy atom. The van der Waals surface area contributed by atoms with Crippen molar-refractivity contribution in [1.29, 1.82) is 0 Å². The molecular weight excluding hydrogens is 554 g/mol. The number of ether oxygens (including phenoxy) is 1. The predicted octanol–water partition coefficient (Wildman–Crippen LogP) is 4.86. The Balaban J connectivity index is 1.05. The number of phenolic OH excluding ortho intramolecular Hbond substituents is 1. The second-order valence-electron chi connectivity index (χ2n) is 11.6. The number of fused-ring (bicyclic) bond motifs is 1. The maximum Gasteiger partial charge on any atom is 0.328 e. The summed E-state index contributed by atoms with van der Waals surface area (Å²) in [6.45, 7) is 5.19. The van der Waals surface area contributed by atoms with Crippen LogP contribution in [-0.4, -0.2) is 66.3 Å². The molecular formula is C35H35N5O4. The highest BCUT2D eigenvalue weighted by atomic mass is 16.5. The number of hydrogen-bond acceptors (Lipinski definition) is 7. The van der Waals surface area contributed by atoms with Crippen LogP contribution in [-0.2, 0) is 11.3 Å². The second-order valence-corrected chi connectivity index (χ2v) is 11.6. The van der Waals surface area contributed by atoms with Crippen molar-refractivity contribution in [1.82, 2.24) is 15.2 Å². The first-order valence-corrected chi connectivity index (χ1v) is 15.2. The number of benzene rings is 3. The minimum atomic E-state index is -0.388. The molecule has 2 saturated heterocycles. The van der Waals surface area contributed by atoms with Crippen LogP contribution in [0, 0.1) is 0 Å². The highest BCUT2D eigenvalue weighted by molar-refractivity contribution is 6.05. The van der Waals surface area contributed by atoms with Gasteiger partial charge in [-0.25, -0.2) is 4.79 Å². The molecule has 0 bridgehead atoms. The summed E-state index contributed by atoms with van der Waals surface area (Å²) in [5.41, 5.74) is 6.54. The number of carbonyl (C=O) groups is 2. The number of rotatable bonds is 6. The van der Waals surface area contributed by atoms with Gasteiger partial charge in [-0.15, -0.1) is 0 Å². The van der Waals surface area contributed by atoms with Gasteiger partial charge in [0.1, 0.15) is 11.5 Å². The van der Waals surface area contributed by atoms with Gasteiger partial charge in [0, 0.05) is 81.0 Å². The number of aromatic nitrogens is 1. The van der Waals surface area contributed by atoms with E-state index in [0.29, 0.717) is 19.7 Å². The van der Waals surface area contributed by atoms with Crippen LogP contribution in [0.15, 0.2) is 91.3 Å². The number of aromatic hydroxyl groups is 1. The number of piperazine rings is 1. The van der Waals surface area contributed by atoms with Gasteiger partial charge in [0.25, 0.3) is 0 Å². The molecule has 224 valence electrons. The molecule has 0 radical (unpaired) electrons. The molecule has 2 atom stereocenters. The van der Waals surface area contributed by atoms with Crippen molar-refractivity contribution in [2.75, 3.05) is 49.1 Å². The summed E-state index contributed by atoms with van der Waals surface area (Å²) in [7, 11) is 0. The maximum atomic E-state index is 12.5. The van der Waals surface area contributed by atoms with E-state index in [4.69, 9.17) is 4.74 Å². The SMILES string of the molecule is O=C1CCN(c2cnccc2CN2CCN(c3ccc([C@@H]4c5ccc(O)cc5OC[C@@H]4c4ccccc4)cc3)CC2)C(=O)N1. The minimum absolute atomic E-state index is 0.113. The van der Waals surface area contributed by atoms with Gasteiger partial charge in [0.05, 0.1) is 18.5 Å². The summed E-state index contributed by atoms with van der Waals surface area (Å²) in [6, 6.07) is 26.5. The van der Waals surface area contributed by atoms with E-state index in [-0.39, 0.29) is 35.9 Å². The number of pyridine rings is 1. The van der Waals surface area contributed by atoms with Crippen molar-refractivity contribution in [2.24, 2.45) is 0 Å². The van der Waals surface area contributed by atoms with Crippen molar-refractivity contribution >= 4 is 23.3 Å². The van der Waals surface area contributed by atoms with Crippen molar-refractivity contribution in [2.45, 2.75) is 24.8 Å². The van der Waals surface area contributed by atoms with Gasteiger partial charge in [-0.05, 0) is 41.0 Å². The van der Waals surface area contributed by atoms with Gasteiger partial charge in [0.2, 0.25) is 5.91 Å². The van der Waals surface area contributed by atoms with E-state index in [1.54, 1.807) is 29.4 Å². The van der Waals surface area contributed by atoms with Gasteiger partial charge in [-0.2, -0.15) is 0 Å². The lowest BCUT2D eigenvalue weighted by molar-refractivity contribution is -0.120. The van der Waals surface area contributed by atoms with E-state index in [1.165, 1.54) is 16.8 Å². The van der Waals surface area contributed by atoms with Crippen LogP contribution in [0.4, 0.5) is 16.2 Å². The average Bonchev–Trinajstić information content (AvgIpc) is 3.05. The second kappa shape index (κ2) is 12.0. The van der Waals surface area contributed by atoms with E-state index < -0.39 is 0 Å². The molecule has 7 rings (SSSR count). The van der Waals surface area contributed by atoms with Gasteiger partial charge in [-0.1, -0.05) is 48.5 Å². The van der Waals surface area contributed by atoms with Gasteiger partial charge < -0.3 is 14.7 Å². The van der Waals surface area contributed by atoms with Crippen LogP contribution in [0.25, 0.3) is 0 Å². The molecule has 0 saturated carbocycles. The van der Waals surface area contributed by atoms with E-state index in [0.717, 1.165) is 48.7 Å². The van der Waals surface area contributed by atoms with Crippen molar-refractivity contribution in [3.8, 4) is 11.5 Å². The third-order valence-electron chi connectivity index (χ3n) is 9.00. The van der Waals surface area contributed by atoms with Crippen molar-refractivity contribution in [3.05, 3.63) is 114 Å². The third-order valence-corrected chi connectivity index (χ3v) is 9.00. The molecule has 2 N–H and O–H groups in total. The molecule has 0 aliphatic carbocycles. The molecule has 9 nitrogen and oxygen atoms in total. The Morgan fingerprint density at radius 3 is 2.45 bits per heavy atom. The fourth-order valence-electron chi connectivity index (χ4n) is 6.68. The smallest absolute Gasteiger partial charge is 0.328 e. The maximum absolute atomic E-state index is 12.5. The number of phenols is 1. The standard InChI is InChI=1S/C35H35N5O4/c41-28-10-11-29-32(20-28)44-23-30(24-4-2-1-3-5-24)34(29)25-6-8-27(9-7-25)39-18-16-38(17-19-39)22-26-12-14-36-21-31(26)40-15-13-33(42)37-35(40)43/h1-12,14,20-21,30,34,41H,13,15-19,22-23H2,(H,37,42,43)/t30-,34-/m1/s1. The molecule has 3 aromatic carbocycles. The number of carbonyl (C=O) groups excluding carboxylic acids is 2. The van der Waals surface area contributed by atoms with E-state index in [1.807, 2.05) is 18.2 Å². The lowest BCUT2D eigenvalue weighted by atomic mass is 9.76. The Bertz CT molecular complexity index is 1650. The molecule has 9 heteroatoms. The number of nitrogens with zero attached hydrogens (tertiary/aromatic N) is 4. The molecule has 0 unspecified atom stereocenters. The Labute approximate surface area is 256 Å². The zero-order chi connectivity index (χ0) is 30.0. The highest BCUT2D eigenvalue weighted by Crippen LogP contribution is 2.47.